The molecule has 0 aliphatic carbocycles. The van der Waals surface area contributed by atoms with E-state index in [0.29, 0.717) is 13.0 Å². The summed E-state index contributed by atoms with van der Waals surface area (Å²) in [6.45, 7) is 4.45. The maximum Gasteiger partial charge on any atom is 0.306 e. The van der Waals surface area contributed by atoms with Crippen molar-refractivity contribution in [2.45, 2.75) is 282 Å². The second-order valence-electron chi connectivity index (χ2n) is 19.7. The molecule has 0 bridgehead atoms. The van der Waals surface area contributed by atoms with Gasteiger partial charge in [-0.15, -0.1) is 0 Å². The molecule has 0 aromatic carbocycles. The fourth-order valence-corrected chi connectivity index (χ4v) is 8.63. The van der Waals surface area contributed by atoms with E-state index in [4.69, 9.17) is 18.9 Å². The summed E-state index contributed by atoms with van der Waals surface area (Å²) in [7, 11) is 0. The molecule has 0 spiro atoms. The Morgan fingerprint density at radius 1 is 0.471 bits per heavy atom. The molecule has 0 amide bonds. The largest absolute Gasteiger partial charge is 0.457 e. The summed E-state index contributed by atoms with van der Waals surface area (Å²) < 4.78 is 23.0. The molecule has 0 saturated carbocycles. The highest BCUT2D eigenvalue weighted by atomic mass is 16.7. The van der Waals surface area contributed by atoms with E-state index in [1.165, 1.54) is 141 Å². The van der Waals surface area contributed by atoms with Gasteiger partial charge in [-0.25, -0.2) is 0 Å². The van der Waals surface area contributed by atoms with Gasteiger partial charge in [0.2, 0.25) is 0 Å². The number of aliphatic hydroxyl groups excluding tert-OH is 4. The van der Waals surface area contributed by atoms with Crippen LogP contribution < -0.4 is 0 Å². The number of ether oxygens (including phenoxy) is 4. The second-order valence-corrected chi connectivity index (χ2v) is 19.7. The van der Waals surface area contributed by atoms with Gasteiger partial charge in [0.15, 0.2) is 6.29 Å². The number of hydrogen-bond acceptors (Lipinski definition) is 9. The predicted octanol–water partition coefficient (Wildman–Crippen LogP) is 15.2. The molecule has 1 heterocycles. The number of hydrogen-bond donors (Lipinski definition) is 4. The van der Waals surface area contributed by atoms with E-state index in [1.54, 1.807) is 0 Å². The first-order chi connectivity index (χ1) is 34.4. The molecule has 9 nitrogen and oxygen atoms in total. The topological polar surface area (TPSA) is 135 Å². The van der Waals surface area contributed by atoms with Crippen LogP contribution >= 0.6 is 0 Å². The monoisotopic (exact) mass is 985 g/mol. The summed E-state index contributed by atoms with van der Waals surface area (Å²) in [6.07, 6.45) is 62.4. The van der Waals surface area contributed by atoms with Crippen LogP contribution in [0, 0.1) is 0 Å². The molecule has 1 saturated heterocycles. The molecular formula is C61H108O9. The number of rotatable bonds is 50. The molecule has 6 atom stereocenters. The van der Waals surface area contributed by atoms with Crippen molar-refractivity contribution >= 4 is 5.97 Å². The number of carbonyl (C=O) groups excluding carboxylic acids is 1. The predicted molar refractivity (Wildman–Crippen MR) is 293 cm³/mol. The van der Waals surface area contributed by atoms with E-state index in [0.717, 1.165) is 83.5 Å². The highest BCUT2D eigenvalue weighted by molar-refractivity contribution is 5.69. The zero-order valence-corrected chi connectivity index (χ0v) is 45.0. The van der Waals surface area contributed by atoms with Crippen LogP contribution in [0.1, 0.15) is 245 Å². The first-order valence-electron chi connectivity index (χ1n) is 29.0. The van der Waals surface area contributed by atoms with Gasteiger partial charge in [-0.1, -0.05) is 228 Å². The summed E-state index contributed by atoms with van der Waals surface area (Å²) in [6, 6.07) is 0. The summed E-state index contributed by atoms with van der Waals surface area (Å²) in [5.41, 5.74) is 0. The van der Waals surface area contributed by atoms with Crippen LogP contribution in [0.5, 0.6) is 0 Å². The zero-order valence-electron chi connectivity index (χ0n) is 45.0. The van der Waals surface area contributed by atoms with Crippen LogP contribution in [0.4, 0.5) is 0 Å². The Labute approximate surface area is 429 Å². The van der Waals surface area contributed by atoms with Crippen molar-refractivity contribution in [3.8, 4) is 0 Å². The fraction of sp³-hybridized carbons (Fsp3) is 0.787. The molecule has 1 aliphatic heterocycles. The Bertz CT molecular complexity index is 1310. The Morgan fingerprint density at radius 3 is 1.33 bits per heavy atom. The molecule has 6 unspecified atom stereocenters. The van der Waals surface area contributed by atoms with Gasteiger partial charge in [-0.3, -0.25) is 4.79 Å². The van der Waals surface area contributed by atoms with Crippen molar-refractivity contribution in [1.82, 2.24) is 0 Å². The van der Waals surface area contributed by atoms with Crippen molar-refractivity contribution in [2.24, 2.45) is 0 Å². The highest BCUT2D eigenvalue weighted by Gasteiger charge is 2.44. The molecular weight excluding hydrogens is 877 g/mol. The van der Waals surface area contributed by atoms with Gasteiger partial charge in [0.1, 0.15) is 30.5 Å². The minimum atomic E-state index is -1.54. The molecule has 0 aromatic rings. The Hall–Kier alpha value is -2.37. The number of allylic oxidation sites excluding steroid dienone is 12. The van der Waals surface area contributed by atoms with Crippen LogP contribution in [0.3, 0.4) is 0 Å². The lowest BCUT2D eigenvalue weighted by atomic mass is 9.99. The smallest absolute Gasteiger partial charge is 0.306 e. The fourth-order valence-electron chi connectivity index (χ4n) is 8.63. The summed E-state index contributed by atoms with van der Waals surface area (Å²) >= 11 is 0. The number of carbonyl (C=O) groups is 1. The number of aliphatic hydroxyl groups is 4. The number of unbranched alkanes of at least 4 members (excludes halogenated alkanes) is 27. The van der Waals surface area contributed by atoms with E-state index in [-0.39, 0.29) is 19.2 Å². The van der Waals surface area contributed by atoms with Crippen LogP contribution in [0.2, 0.25) is 0 Å². The molecule has 9 heteroatoms. The van der Waals surface area contributed by atoms with Crippen LogP contribution in [-0.2, 0) is 23.7 Å². The summed E-state index contributed by atoms with van der Waals surface area (Å²) in [5, 5.41) is 40.4. The molecule has 0 radical (unpaired) electrons. The molecule has 4 N–H and O–H groups in total. The Kier molecular flexibility index (Phi) is 48.3. The maximum atomic E-state index is 12.9. The van der Waals surface area contributed by atoms with Crippen molar-refractivity contribution < 1.29 is 44.2 Å². The third-order valence-electron chi connectivity index (χ3n) is 13.1. The summed E-state index contributed by atoms with van der Waals surface area (Å²) in [4.78, 5) is 12.9. The molecule has 1 rings (SSSR count). The van der Waals surface area contributed by atoms with E-state index in [2.05, 4.69) is 86.8 Å². The minimum absolute atomic E-state index is 0.123. The average Bonchev–Trinajstić information content (AvgIpc) is 3.36. The van der Waals surface area contributed by atoms with Gasteiger partial charge < -0.3 is 39.4 Å². The standard InChI is InChI=1S/C61H108O9/c1-3-5-7-9-11-13-15-17-19-21-23-25-26-27-28-29-31-33-35-37-39-41-43-45-47-49-51-67-53-55(54-68-61-60(66)59(65)58(64)56(52-62)70-61)69-57(63)50-48-46-44-42-40-38-36-34-32-30-24-22-20-18-16-14-12-10-8-6-4-2/h6,8,12,14,18,20-21,23-24,30,34,36,55-56,58-62,64-66H,3-5,7,9-11,13,15-17,19,22,25-29,31-33,35,37-54H2,1-2H3/b8-6-,14-12-,20-18-,23-21-,30-24-,36-34-. The third-order valence-corrected chi connectivity index (χ3v) is 13.1. The highest BCUT2D eigenvalue weighted by Crippen LogP contribution is 2.23. The lowest BCUT2D eigenvalue weighted by molar-refractivity contribution is -0.305. The van der Waals surface area contributed by atoms with Crippen molar-refractivity contribution in [3.63, 3.8) is 0 Å². The van der Waals surface area contributed by atoms with Gasteiger partial charge in [-0.05, 0) is 83.5 Å². The van der Waals surface area contributed by atoms with E-state index in [9.17, 15) is 25.2 Å². The molecule has 0 aromatic heterocycles. The van der Waals surface area contributed by atoms with Gasteiger partial charge in [0.05, 0.1) is 19.8 Å². The first-order valence-corrected chi connectivity index (χ1v) is 29.0. The van der Waals surface area contributed by atoms with Crippen molar-refractivity contribution in [2.75, 3.05) is 26.4 Å². The van der Waals surface area contributed by atoms with E-state index < -0.39 is 43.4 Å². The SMILES string of the molecule is CC/C=C\C/C=C\C/C=C\C/C=C\C/C=C\CCCCCCCC(=O)OC(COCCCCCCCCCCCCCCCC/C=C\CCCCCCCCCC)COC1OC(CO)C(O)C(O)C1O. The normalized spacial score (nSPS) is 19.4. The van der Waals surface area contributed by atoms with Crippen LogP contribution in [-0.4, -0.2) is 89.6 Å². The third kappa shape index (κ3) is 41.1. The van der Waals surface area contributed by atoms with Crippen LogP contribution in [0.15, 0.2) is 72.9 Å². The Balaban J connectivity index is 2.16. The summed E-state index contributed by atoms with van der Waals surface area (Å²) in [5.74, 6) is -0.331. The van der Waals surface area contributed by atoms with Crippen LogP contribution in [0.25, 0.3) is 0 Å². The Morgan fingerprint density at radius 2 is 0.871 bits per heavy atom. The van der Waals surface area contributed by atoms with Gasteiger partial charge >= 0.3 is 5.97 Å². The van der Waals surface area contributed by atoms with Gasteiger partial charge in [-0.2, -0.15) is 0 Å². The van der Waals surface area contributed by atoms with E-state index >= 15 is 0 Å². The molecule has 70 heavy (non-hydrogen) atoms. The van der Waals surface area contributed by atoms with Crippen molar-refractivity contribution in [1.29, 1.82) is 0 Å². The zero-order chi connectivity index (χ0) is 50.6. The quantitative estimate of drug-likeness (QED) is 0.0267. The molecule has 406 valence electrons. The van der Waals surface area contributed by atoms with Gasteiger partial charge in [0, 0.05) is 13.0 Å². The lowest BCUT2D eigenvalue weighted by Gasteiger charge is -2.39. The minimum Gasteiger partial charge on any atom is -0.457 e. The second kappa shape index (κ2) is 51.5. The maximum absolute atomic E-state index is 12.9. The molecule has 1 fully saturated rings. The number of esters is 1. The lowest BCUT2D eigenvalue weighted by Crippen LogP contribution is -2.59. The first kappa shape index (κ1) is 65.6. The average molecular weight is 986 g/mol. The van der Waals surface area contributed by atoms with Crippen molar-refractivity contribution in [3.05, 3.63) is 72.9 Å². The van der Waals surface area contributed by atoms with Gasteiger partial charge in [0.25, 0.3) is 0 Å². The van der Waals surface area contributed by atoms with E-state index in [1.807, 2.05) is 0 Å². The molecule has 1 aliphatic rings.